The van der Waals surface area contributed by atoms with Crippen molar-refractivity contribution in [2.24, 2.45) is 5.92 Å². The third-order valence-corrected chi connectivity index (χ3v) is 5.19. The second kappa shape index (κ2) is 8.08. The summed E-state index contributed by atoms with van der Waals surface area (Å²) in [5, 5.41) is 11.8. The van der Waals surface area contributed by atoms with Crippen LogP contribution in [0.1, 0.15) is 17.5 Å². The third kappa shape index (κ3) is 3.98. The number of aliphatic hydroxyl groups excluding tert-OH is 1. The Balaban J connectivity index is 1.32. The maximum Gasteiger partial charge on any atom is 0.434 e. The third-order valence-electron chi connectivity index (χ3n) is 5.19. The SMILES string of the molecule is O=C(OCc1ccccc1)N1OC[C@@H]2[C@@H](O)[C@H](OCc3ccccc3)C[C@@H]21. The molecule has 1 heterocycles. The zero-order chi connectivity index (χ0) is 18.6. The highest BCUT2D eigenvalue weighted by atomic mass is 16.7. The molecule has 4 atom stereocenters. The summed E-state index contributed by atoms with van der Waals surface area (Å²) in [4.78, 5) is 17.9. The maximum atomic E-state index is 12.4. The van der Waals surface area contributed by atoms with E-state index in [-0.39, 0.29) is 31.3 Å². The fourth-order valence-electron chi connectivity index (χ4n) is 3.71. The van der Waals surface area contributed by atoms with E-state index in [2.05, 4.69) is 0 Å². The number of benzene rings is 2. The molecule has 1 aliphatic heterocycles. The maximum absolute atomic E-state index is 12.4. The van der Waals surface area contributed by atoms with Crippen LogP contribution < -0.4 is 0 Å². The summed E-state index contributed by atoms with van der Waals surface area (Å²) in [5.74, 6) is -0.157. The molecule has 0 spiro atoms. The molecule has 1 aliphatic carbocycles. The number of carbonyl (C=O) groups excluding carboxylic acids is 1. The molecule has 0 bridgehead atoms. The van der Waals surface area contributed by atoms with E-state index in [1.54, 1.807) is 0 Å². The van der Waals surface area contributed by atoms with E-state index in [4.69, 9.17) is 14.3 Å². The van der Waals surface area contributed by atoms with Crippen LogP contribution >= 0.6 is 0 Å². The van der Waals surface area contributed by atoms with Gasteiger partial charge in [0.25, 0.3) is 0 Å². The average Bonchev–Trinajstić information content (AvgIpc) is 3.26. The zero-order valence-electron chi connectivity index (χ0n) is 14.9. The van der Waals surface area contributed by atoms with Crippen LogP contribution in [-0.4, -0.2) is 41.1 Å². The number of amides is 1. The van der Waals surface area contributed by atoms with Crippen molar-refractivity contribution in [3.05, 3.63) is 71.8 Å². The Morgan fingerprint density at radius 3 is 2.33 bits per heavy atom. The molecule has 0 aromatic heterocycles. The summed E-state index contributed by atoms with van der Waals surface area (Å²) in [6.45, 7) is 0.909. The number of fused-ring (bicyclic) bond motifs is 1. The van der Waals surface area contributed by atoms with Crippen molar-refractivity contribution in [1.82, 2.24) is 5.06 Å². The minimum atomic E-state index is -0.661. The number of aliphatic hydroxyl groups is 1. The summed E-state index contributed by atoms with van der Waals surface area (Å²) >= 11 is 0. The first-order valence-corrected chi connectivity index (χ1v) is 9.19. The van der Waals surface area contributed by atoms with E-state index < -0.39 is 12.2 Å². The fourth-order valence-corrected chi connectivity index (χ4v) is 3.71. The summed E-state index contributed by atoms with van der Waals surface area (Å²) < 4.78 is 11.3. The van der Waals surface area contributed by atoms with E-state index in [1.165, 1.54) is 5.06 Å². The molecule has 0 radical (unpaired) electrons. The van der Waals surface area contributed by atoms with E-state index in [0.29, 0.717) is 13.0 Å². The molecule has 142 valence electrons. The second-order valence-electron chi connectivity index (χ2n) is 6.95. The van der Waals surface area contributed by atoms with Gasteiger partial charge in [0.2, 0.25) is 0 Å². The minimum absolute atomic E-state index is 0.157. The van der Waals surface area contributed by atoms with Gasteiger partial charge in [-0.05, 0) is 17.5 Å². The Hall–Kier alpha value is -2.41. The van der Waals surface area contributed by atoms with Crippen molar-refractivity contribution in [3.63, 3.8) is 0 Å². The monoisotopic (exact) mass is 369 g/mol. The first kappa shape index (κ1) is 18.0. The zero-order valence-corrected chi connectivity index (χ0v) is 14.9. The number of hydrogen-bond donors (Lipinski definition) is 1. The van der Waals surface area contributed by atoms with Gasteiger partial charge in [-0.2, -0.15) is 5.06 Å². The molecule has 27 heavy (non-hydrogen) atoms. The van der Waals surface area contributed by atoms with Crippen molar-refractivity contribution in [3.8, 4) is 0 Å². The standard InChI is InChI=1S/C21H23NO5/c23-20-17-14-27-22(21(24)26-13-16-9-5-2-6-10-16)18(17)11-19(20)25-12-15-7-3-1-4-8-15/h1-10,17-20,23H,11-14H2/t17-,18-,19+,20+/m0/s1. The molecule has 1 saturated carbocycles. The van der Waals surface area contributed by atoms with E-state index in [0.717, 1.165) is 11.1 Å². The van der Waals surface area contributed by atoms with Gasteiger partial charge in [0, 0.05) is 5.92 Å². The predicted octanol–water partition coefficient (Wildman–Crippen LogP) is 2.91. The van der Waals surface area contributed by atoms with Gasteiger partial charge in [0.15, 0.2) is 0 Å². The number of hydrogen-bond acceptors (Lipinski definition) is 5. The summed E-state index contributed by atoms with van der Waals surface area (Å²) in [6, 6.07) is 19.1. The molecule has 2 aliphatic rings. The van der Waals surface area contributed by atoms with Crippen molar-refractivity contribution < 1.29 is 24.2 Å². The summed E-state index contributed by atoms with van der Waals surface area (Å²) in [7, 11) is 0. The van der Waals surface area contributed by atoms with Crippen LogP contribution in [0.25, 0.3) is 0 Å². The average molecular weight is 369 g/mol. The Bertz CT molecular complexity index is 754. The van der Waals surface area contributed by atoms with Gasteiger partial charge in [-0.25, -0.2) is 4.79 Å². The van der Waals surface area contributed by atoms with E-state index >= 15 is 0 Å². The lowest BCUT2D eigenvalue weighted by molar-refractivity contribution is -0.125. The lowest BCUT2D eigenvalue weighted by atomic mass is 10.0. The Morgan fingerprint density at radius 2 is 1.67 bits per heavy atom. The fraction of sp³-hybridized carbons (Fsp3) is 0.381. The number of nitrogens with zero attached hydrogens (tertiary/aromatic N) is 1. The lowest BCUT2D eigenvalue weighted by Crippen LogP contribution is -2.36. The normalized spacial score (nSPS) is 26.8. The quantitative estimate of drug-likeness (QED) is 0.878. The summed E-state index contributed by atoms with van der Waals surface area (Å²) in [6.07, 6.45) is -0.986. The molecular weight excluding hydrogens is 346 g/mol. The molecule has 1 amide bonds. The summed E-state index contributed by atoms with van der Waals surface area (Å²) in [5.41, 5.74) is 1.97. The highest BCUT2D eigenvalue weighted by molar-refractivity contribution is 5.67. The van der Waals surface area contributed by atoms with E-state index in [9.17, 15) is 9.90 Å². The first-order chi connectivity index (χ1) is 13.2. The molecule has 2 aromatic rings. The van der Waals surface area contributed by atoms with Gasteiger partial charge < -0.3 is 14.6 Å². The van der Waals surface area contributed by atoms with Crippen molar-refractivity contribution in [2.75, 3.05) is 6.61 Å². The molecule has 1 saturated heterocycles. The minimum Gasteiger partial charge on any atom is -0.443 e. The predicted molar refractivity (Wildman–Crippen MR) is 97.3 cm³/mol. The van der Waals surface area contributed by atoms with Crippen molar-refractivity contribution in [1.29, 1.82) is 0 Å². The van der Waals surface area contributed by atoms with Crippen LogP contribution in [0.2, 0.25) is 0 Å². The Kier molecular flexibility index (Phi) is 5.38. The topological polar surface area (TPSA) is 68.2 Å². The van der Waals surface area contributed by atoms with Crippen LogP contribution in [0.5, 0.6) is 0 Å². The first-order valence-electron chi connectivity index (χ1n) is 9.19. The largest absolute Gasteiger partial charge is 0.443 e. The van der Waals surface area contributed by atoms with Crippen LogP contribution in [0.4, 0.5) is 4.79 Å². The number of hydroxylamine groups is 2. The Labute approximate surface area is 158 Å². The number of rotatable bonds is 5. The van der Waals surface area contributed by atoms with Gasteiger partial charge in [0.05, 0.1) is 31.5 Å². The van der Waals surface area contributed by atoms with Gasteiger partial charge in [-0.3, -0.25) is 4.84 Å². The Morgan fingerprint density at radius 1 is 1.04 bits per heavy atom. The molecular formula is C21H23NO5. The smallest absolute Gasteiger partial charge is 0.434 e. The number of ether oxygens (including phenoxy) is 2. The number of carbonyl (C=O) groups is 1. The van der Waals surface area contributed by atoms with Crippen molar-refractivity contribution in [2.45, 2.75) is 37.9 Å². The lowest BCUT2D eigenvalue weighted by Gasteiger charge is -2.21. The molecule has 2 fully saturated rings. The molecule has 2 aromatic carbocycles. The van der Waals surface area contributed by atoms with Gasteiger partial charge in [0.1, 0.15) is 6.61 Å². The highest BCUT2D eigenvalue weighted by Crippen LogP contribution is 2.38. The second-order valence-corrected chi connectivity index (χ2v) is 6.95. The van der Waals surface area contributed by atoms with Crippen molar-refractivity contribution >= 4 is 6.09 Å². The van der Waals surface area contributed by atoms with Gasteiger partial charge in [-0.15, -0.1) is 0 Å². The van der Waals surface area contributed by atoms with Gasteiger partial charge in [-0.1, -0.05) is 60.7 Å². The molecule has 4 rings (SSSR count). The van der Waals surface area contributed by atoms with Crippen LogP contribution in [0.15, 0.2) is 60.7 Å². The van der Waals surface area contributed by atoms with Crippen LogP contribution in [-0.2, 0) is 27.5 Å². The molecule has 6 heteroatoms. The van der Waals surface area contributed by atoms with E-state index in [1.807, 2.05) is 60.7 Å². The van der Waals surface area contributed by atoms with Crippen LogP contribution in [0.3, 0.4) is 0 Å². The van der Waals surface area contributed by atoms with Crippen LogP contribution in [0, 0.1) is 5.92 Å². The molecule has 6 nitrogen and oxygen atoms in total. The highest BCUT2D eigenvalue weighted by Gasteiger charge is 2.52. The molecule has 1 N–H and O–H groups in total. The molecule has 0 unspecified atom stereocenters. The van der Waals surface area contributed by atoms with Gasteiger partial charge >= 0.3 is 6.09 Å².